The minimum Gasteiger partial charge on any atom is -0.329 e. The van der Waals surface area contributed by atoms with E-state index in [9.17, 15) is 0 Å². The first kappa shape index (κ1) is 12.5. The first-order valence-corrected chi connectivity index (χ1v) is 6.37. The van der Waals surface area contributed by atoms with Gasteiger partial charge in [0.15, 0.2) is 5.16 Å². The van der Waals surface area contributed by atoms with Crippen LogP contribution in [0.15, 0.2) is 5.16 Å². The molecule has 0 radical (unpaired) electrons. The van der Waals surface area contributed by atoms with Gasteiger partial charge < -0.3 is 10.3 Å². The zero-order chi connectivity index (χ0) is 11.3. The summed E-state index contributed by atoms with van der Waals surface area (Å²) in [5.74, 6) is 0.953. The summed E-state index contributed by atoms with van der Waals surface area (Å²) in [5, 5.41) is 9.92. The molecule has 2 N–H and O–H groups in total. The van der Waals surface area contributed by atoms with E-state index in [0.717, 1.165) is 30.4 Å². The number of hydrogen-bond acceptors (Lipinski definition) is 4. The molecule has 1 aromatic rings. The molecule has 4 nitrogen and oxygen atoms in total. The lowest BCUT2D eigenvalue weighted by Crippen LogP contribution is -2.13. The third-order valence-electron chi connectivity index (χ3n) is 2.44. The van der Waals surface area contributed by atoms with Crippen molar-refractivity contribution in [2.75, 3.05) is 6.54 Å². The molecule has 1 aromatic heterocycles. The Bertz CT molecular complexity index is 294. The molecule has 0 aromatic carbocycles. The smallest absolute Gasteiger partial charge is 0.191 e. The maximum Gasteiger partial charge on any atom is 0.191 e. The molecule has 0 aliphatic heterocycles. The lowest BCUT2D eigenvalue weighted by Gasteiger charge is -2.12. The van der Waals surface area contributed by atoms with Gasteiger partial charge in [0, 0.05) is 18.3 Å². The molecule has 0 aliphatic rings. The first-order chi connectivity index (χ1) is 7.22. The Morgan fingerprint density at radius 3 is 2.53 bits per heavy atom. The Labute approximate surface area is 95.6 Å². The van der Waals surface area contributed by atoms with E-state index < -0.39 is 0 Å². The molecule has 86 valence electrons. The van der Waals surface area contributed by atoms with Crippen LogP contribution >= 0.6 is 11.8 Å². The number of aryl methyl sites for hydroxylation is 1. The molecule has 15 heavy (non-hydrogen) atoms. The Kier molecular flexibility index (Phi) is 5.11. The molecule has 0 atom stereocenters. The van der Waals surface area contributed by atoms with Crippen LogP contribution in [0.2, 0.25) is 0 Å². The minimum absolute atomic E-state index is 0.630. The number of nitrogens with two attached hydrogens (primary N) is 1. The van der Waals surface area contributed by atoms with E-state index in [1.165, 1.54) is 0 Å². The van der Waals surface area contributed by atoms with Gasteiger partial charge in [-0.1, -0.05) is 25.6 Å². The van der Waals surface area contributed by atoms with Crippen LogP contribution in [0.3, 0.4) is 0 Å². The van der Waals surface area contributed by atoms with E-state index in [-0.39, 0.29) is 0 Å². The summed E-state index contributed by atoms with van der Waals surface area (Å²) < 4.78 is 2.10. The number of hydrogen-bond donors (Lipinski definition) is 1. The molecule has 5 heteroatoms. The van der Waals surface area contributed by atoms with Crippen molar-refractivity contribution >= 4 is 11.8 Å². The van der Waals surface area contributed by atoms with Crippen molar-refractivity contribution in [3.8, 4) is 0 Å². The molecule has 0 bridgehead atoms. The predicted molar refractivity (Wildman–Crippen MR) is 64.0 cm³/mol. The lowest BCUT2D eigenvalue weighted by molar-refractivity contribution is 0.624. The summed E-state index contributed by atoms with van der Waals surface area (Å²) in [6.07, 6.45) is 2.32. The standard InChI is InChI=1S/C10H20N4S/c1-4-9(5-2)15-10-13-12-8(3)14(10)7-6-11/h9H,4-7,11H2,1-3H3. The van der Waals surface area contributed by atoms with Crippen molar-refractivity contribution in [2.24, 2.45) is 5.73 Å². The molecule has 0 spiro atoms. The zero-order valence-electron chi connectivity index (χ0n) is 9.73. The second-order valence-corrected chi connectivity index (χ2v) is 4.79. The SMILES string of the molecule is CCC(CC)Sc1nnc(C)n1CCN. The highest BCUT2D eigenvalue weighted by Gasteiger charge is 2.13. The van der Waals surface area contributed by atoms with Crippen molar-refractivity contribution in [1.29, 1.82) is 0 Å². The highest BCUT2D eigenvalue weighted by atomic mass is 32.2. The van der Waals surface area contributed by atoms with Crippen LogP contribution in [0.5, 0.6) is 0 Å². The van der Waals surface area contributed by atoms with Crippen molar-refractivity contribution in [3.05, 3.63) is 5.82 Å². The van der Waals surface area contributed by atoms with Gasteiger partial charge >= 0.3 is 0 Å². The van der Waals surface area contributed by atoms with Gasteiger partial charge in [-0.05, 0) is 19.8 Å². The minimum atomic E-state index is 0.630. The van der Waals surface area contributed by atoms with Crippen molar-refractivity contribution in [3.63, 3.8) is 0 Å². The van der Waals surface area contributed by atoms with Gasteiger partial charge in [0.2, 0.25) is 0 Å². The average Bonchev–Trinajstić information content (AvgIpc) is 2.58. The Balaban J connectivity index is 2.75. The normalized spacial score (nSPS) is 11.3. The molecule has 0 aliphatic carbocycles. The van der Waals surface area contributed by atoms with E-state index in [4.69, 9.17) is 5.73 Å². The van der Waals surface area contributed by atoms with Crippen LogP contribution in [-0.4, -0.2) is 26.6 Å². The second kappa shape index (κ2) is 6.12. The summed E-state index contributed by atoms with van der Waals surface area (Å²) >= 11 is 1.81. The van der Waals surface area contributed by atoms with E-state index >= 15 is 0 Å². The zero-order valence-corrected chi connectivity index (χ0v) is 10.5. The Morgan fingerprint density at radius 1 is 1.33 bits per heavy atom. The largest absolute Gasteiger partial charge is 0.329 e. The topological polar surface area (TPSA) is 56.7 Å². The second-order valence-electron chi connectivity index (χ2n) is 3.53. The van der Waals surface area contributed by atoms with Crippen molar-refractivity contribution in [2.45, 2.75) is 50.6 Å². The van der Waals surface area contributed by atoms with E-state index in [2.05, 4.69) is 28.6 Å². The van der Waals surface area contributed by atoms with Crippen LogP contribution in [-0.2, 0) is 6.54 Å². The molecule has 1 rings (SSSR count). The molecule has 0 unspecified atom stereocenters. The van der Waals surface area contributed by atoms with Gasteiger partial charge in [-0.15, -0.1) is 10.2 Å². The molecule has 1 heterocycles. The first-order valence-electron chi connectivity index (χ1n) is 5.49. The van der Waals surface area contributed by atoms with Gasteiger partial charge in [0.25, 0.3) is 0 Å². The van der Waals surface area contributed by atoms with Crippen LogP contribution in [0.1, 0.15) is 32.5 Å². The Hall–Kier alpha value is -0.550. The summed E-state index contributed by atoms with van der Waals surface area (Å²) in [6, 6.07) is 0. The number of thioether (sulfide) groups is 1. The number of rotatable bonds is 6. The fraction of sp³-hybridized carbons (Fsp3) is 0.800. The van der Waals surface area contributed by atoms with Gasteiger partial charge in [-0.2, -0.15) is 0 Å². The van der Waals surface area contributed by atoms with Gasteiger partial charge in [0.05, 0.1) is 0 Å². The van der Waals surface area contributed by atoms with Gasteiger partial charge in [-0.3, -0.25) is 0 Å². The summed E-state index contributed by atoms with van der Waals surface area (Å²) in [5.41, 5.74) is 5.57. The highest BCUT2D eigenvalue weighted by molar-refractivity contribution is 7.99. The lowest BCUT2D eigenvalue weighted by atomic mass is 10.3. The van der Waals surface area contributed by atoms with E-state index in [1.807, 2.05) is 18.7 Å². The predicted octanol–water partition coefficient (Wildman–Crippen LogP) is 1.83. The fourth-order valence-electron chi connectivity index (χ4n) is 1.44. The maximum absolute atomic E-state index is 5.57. The molecular weight excluding hydrogens is 208 g/mol. The number of nitrogens with zero attached hydrogens (tertiary/aromatic N) is 3. The monoisotopic (exact) mass is 228 g/mol. The molecule has 0 saturated heterocycles. The van der Waals surface area contributed by atoms with Crippen molar-refractivity contribution < 1.29 is 0 Å². The fourth-order valence-corrected chi connectivity index (χ4v) is 2.51. The van der Waals surface area contributed by atoms with Gasteiger partial charge in [0.1, 0.15) is 5.82 Å². The molecular formula is C10H20N4S. The summed E-state index contributed by atoms with van der Waals surface area (Å²) in [4.78, 5) is 0. The molecule has 0 fully saturated rings. The van der Waals surface area contributed by atoms with Crippen LogP contribution in [0.25, 0.3) is 0 Å². The van der Waals surface area contributed by atoms with E-state index in [1.54, 1.807) is 0 Å². The van der Waals surface area contributed by atoms with Crippen LogP contribution in [0, 0.1) is 6.92 Å². The highest BCUT2D eigenvalue weighted by Crippen LogP contribution is 2.26. The summed E-state index contributed by atoms with van der Waals surface area (Å²) in [6.45, 7) is 7.83. The van der Waals surface area contributed by atoms with E-state index in [0.29, 0.717) is 11.8 Å². The third kappa shape index (κ3) is 3.21. The average molecular weight is 228 g/mol. The third-order valence-corrected chi connectivity index (χ3v) is 3.95. The van der Waals surface area contributed by atoms with Gasteiger partial charge in [-0.25, -0.2) is 0 Å². The van der Waals surface area contributed by atoms with Crippen LogP contribution < -0.4 is 5.73 Å². The summed E-state index contributed by atoms with van der Waals surface area (Å²) in [7, 11) is 0. The maximum atomic E-state index is 5.57. The van der Waals surface area contributed by atoms with Crippen molar-refractivity contribution in [1.82, 2.24) is 14.8 Å². The Morgan fingerprint density at radius 2 is 2.00 bits per heavy atom. The van der Waals surface area contributed by atoms with Crippen LogP contribution in [0.4, 0.5) is 0 Å². The quantitative estimate of drug-likeness (QED) is 0.755. The molecule has 0 amide bonds. The number of aromatic nitrogens is 3. The molecule has 0 saturated carbocycles.